The Morgan fingerprint density at radius 3 is 2.48 bits per heavy atom. The first kappa shape index (κ1) is 18.8. The Morgan fingerprint density at radius 1 is 1.12 bits per heavy atom. The lowest BCUT2D eigenvalue weighted by Crippen LogP contribution is -2.57. The fourth-order valence-electron chi connectivity index (χ4n) is 4.12. The summed E-state index contributed by atoms with van der Waals surface area (Å²) in [5.41, 5.74) is 0. The summed E-state index contributed by atoms with van der Waals surface area (Å²) in [5.74, 6) is 1.51. The topological polar surface area (TPSA) is 45.0 Å². The largest absolute Gasteiger partial charge is 0.490 e. The van der Waals surface area contributed by atoms with Crippen molar-refractivity contribution in [3.8, 4) is 11.8 Å². The van der Waals surface area contributed by atoms with Crippen LogP contribution in [-0.2, 0) is 0 Å². The predicted molar refractivity (Wildman–Crippen MR) is 101 cm³/mol. The lowest BCUT2D eigenvalue weighted by molar-refractivity contribution is -0.930. The molecule has 0 aromatic heterocycles. The molecule has 136 valence electrons. The van der Waals surface area contributed by atoms with Crippen LogP contribution in [0.15, 0.2) is 18.2 Å². The number of hydrogen-bond donors (Lipinski definition) is 1. The molecule has 6 heteroatoms. The molecule has 2 fully saturated rings. The fourth-order valence-corrected chi connectivity index (χ4v) is 4.41. The van der Waals surface area contributed by atoms with E-state index in [1.165, 1.54) is 12.8 Å². The zero-order chi connectivity index (χ0) is 17.7. The van der Waals surface area contributed by atoms with E-state index in [1.54, 1.807) is 12.1 Å². The number of hydrogen-bond acceptors (Lipinski definition) is 3. The molecule has 0 bridgehead atoms. The number of likely N-dealkylation sites (tertiary alicyclic amines) is 1. The Labute approximate surface area is 160 Å². The van der Waals surface area contributed by atoms with Gasteiger partial charge in [-0.25, -0.2) is 0 Å². The Bertz CT molecular complexity index is 618. The summed E-state index contributed by atoms with van der Waals surface area (Å²) < 4.78 is 7.04. The molecule has 0 saturated carbocycles. The van der Waals surface area contributed by atoms with Crippen molar-refractivity contribution < 1.29 is 9.22 Å². The Kier molecular flexibility index (Phi) is 6.46. The molecule has 4 nitrogen and oxygen atoms in total. The number of piperidine rings is 2. The van der Waals surface area contributed by atoms with Gasteiger partial charge in [0.2, 0.25) is 0 Å². The summed E-state index contributed by atoms with van der Waals surface area (Å²) in [4.78, 5) is 0. The minimum atomic E-state index is 0.190. The van der Waals surface area contributed by atoms with E-state index in [9.17, 15) is 5.26 Å². The molecule has 1 aromatic rings. The predicted octanol–water partition coefficient (Wildman–Crippen LogP) is 3.87. The van der Waals surface area contributed by atoms with Gasteiger partial charge in [0.15, 0.2) is 6.54 Å². The third-order valence-corrected chi connectivity index (χ3v) is 6.29. The second-order valence-corrected chi connectivity index (χ2v) is 8.19. The molecule has 1 N–H and O–H groups in total. The van der Waals surface area contributed by atoms with Gasteiger partial charge in [0, 0.05) is 24.8 Å². The van der Waals surface area contributed by atoms with Gasteiger partial charge in [0.1, 0.15) is 17.9 Å². The SMILES string of the molecule is N#CC[N+]1(CC2CCNCC2)CCC(Oc2ccc(Cl)c(Cl)c2)CC1. The van der Waals surface area contributed by atoms with E-state index in [4.69, 9.17) is 27.9 Å². The smallest absolute Gasteiger partial charge is 0.166 e. The average molecular weight is 383 g/mol. The molecule has 0 atom stereocenters. The maximum Gasteiger partial charge on any atom is 0.166 e. The van der Waals surface area contributed by atoms with Crippen molar-refractivity contribution in [3.63, 3.8) is 0 Å². The zero-order valence-electron chi connectivity index (χ0n) is 14.5. The molecule has 0 spiro atoms. The highest BCUT2D eigenvalue weighted by atomic mass is 35.5. The van der Waals surface area contributed by atoms with Crippen molar-refractivity contribution in [2.45, 2.75) is 31.8 Å². The van der Waals surface area contributed by atoms with Crippen molar-refractivity contribution >= 4 is 23.2 Å². The quantitative estimate of drug-likeness (QED) is 0.620. The van der Waals surface area contributed by atoms with Gasteiger partial charge < -0.3 is 14.5 Å². The van der Waals surface area contributed by atoms with E-state index in [-0.39, 0.29) is 6.10 Å². The highest BCUT2D eigenvalue weighted by Crippen LogP contribution is 2.30. The van der Waals surface area contributed by atoms with Crippen LogP contribution in [0.4, 0.5) is 0 Å². The van der Waals surface area contributed by atoms with E-state index in [0.717, 1.165) is 61.7 Å². The minimum Gasteiger partial charge on any atom is -0.490 e. The molecular formula is C19H26Cl2N3O+. The highest BCUT2D eigenvalue weighted by molar-refractivity contribution is 6.42. The lowest BCUT2D eigenvalue weighted by atomic mass is 9.94. The van der Waals surface area contributed by atoms with Crippen LogP contribution in [0.1, 0.15) is 25.7 Å². The molecule has 0 radical (unpaired) electrons. The number of nitrogens with zero attached hydrogens (tertiary/aromatic N) is 2. The third kappa shape index (κ3) is 5.01. The Hall–Kier alpha value is -0.990. The van der Waals surface area contributed by atoms with Crippen LogP contribution in [0, 0.1) is 17.2 Å². The lowest BCUT2D eigenvalue weighted by Gasteiger charge is -2.44. The highest BCUT2D eigenvalue weighted by Gasteiger charge is 2.37. The van der Waals surface area contributed by atoms with Gasteiger partial charge in [-0.3, -0.25) is 0 Å². The van der Waals surface area contributed by atoms with Crippen LogP contribution in [0.25, 0.3) is 0 Å². The number of benzene rings is 1. The molecule has 2 saturated heterocycles. The van der Waals surface area contributed by atoms with Crippen LogP contribution in [0.2, 0.25) is 10.0 Å². The van der Waals surface area contributed by atoms with Crippen LogP contribution in [0.5, 0.6) is 5.75 Å². The van der Waals surface area contributed by atoms with E-state index >= 15 is 0 Å². The summed E-state index contributed by atoms with van der Waals surface area (Å²) in [6, 6.07) is 7.86. The van der Waals surface area contributed by atoms with Crippen molar-refractivity contribution in [3.05, 3.63) is 28.2 Å². The molecule has 0 aliphatic carbocycles. The summed E-state index contributed by atoms with van der Waals surface area (Å²) in [6.07, 6.45) is 4.61. The molecule has 2 heterocycles. The van der Waals surface area contributed by atoms with Crippen molar-refractivity contribution in [2.24, 2.45) is 5.92 Å². The number of nitriles is 1. The van der Waals surface area contributed by atoms with Crippen molar-refractivity contribution in [2.75, 3.05) is 39.3 Å². The maximum absolute atomic E-state index is 9.33. The maximum atomic E-state index is 9.33. The molecule has 2 aliphatic rings. The number of rotatable bonds is 5. The van der Waals surface area contributed by atoms with Crippen LogP contribution in [-0.4, -0.2) is 49.9 Å². The molecule has 25 heavy (non-hydrogen) atoms. The van der Waals surface area contributed by atoms with Gasteiger partial charge in [0.05, 0.1) is 29.7 Å². The molecule has 1 aromatic carbocycles. The molecular weight excluding hydrogens is 357 g/mol. The van der Waals surface area contributed by atoms with Gasteiger partial charge in [-0.15, -0.1) is 0 Å². The van der Waals surface area contributed by atoms with Crippen molar-refractivity contribution in [1.82, 2.24) is 5.32 Å². The summed E-state index contributed by atoms with van der Waals surface area (Å²) >= 11 is 12.0. The Balaban J connectivity index is 1.57. The van der Waals surface area contributed by atoms with Gasteiger partial charge in [0.25, 0.3) is 0 Å². The van der Waals surface area contributed by atoms with Gasteiger partial charge >= 0.3 is 0 Å². The second kappa shape index (κ2) is 8.60. The summed E-state index contributed by atoms with van der Waals surface area (Å²) in [6.45, 7) is 6.01. The molecule has 2 aliphatic heterocycles. The molecule has 0 unspecified atom stereocenters. The first-order valence-electron chi connectivity index (χ1n) is 9.15. The molecule has 3 rings (SSSR count). The van der Waals surface area contributed by atoms with E-state index < -0.39 is 0 Å². The van der Waals surface area contributed by atoms with E-state index in [1.807, 2.05) is 6.07 Å². The van der Waals surface area contributed by atoms with Crippen LogP contribution >= 0.6 is 23.2 Å². The Morgan fingerprint density at radius 2 is 1.84 bits per heavy atom. The zero-order valence-corrected chi connectivity index (χ0v) is 16.0. The second-order valence-electron chi connectivity index (χ2n) is 7.37. The van der Waals surface area contributed by atoms with Crippen LogP contribution in [0.3, 0.4) is 0 Å². The molecule has 0 amide bonds. The van der Waals surface area contributed by atoms with Gasteiger partial charge in [-0.1, -0.05) is 23.2 Å². The number of halogens is 2. The number of quaternary nitrogens is 1. The number of nitrogens with one attached hydrogen (secondary N) is 1. The fraction of sp³-hybridized carbons (Fsp3) is 0.632. The monoisotopic (exact) mass is 382 g/mol. The van der Waals surface area contributed by atoms with Gasteiger partial charge in [-0.05, 0) is 38.1 Å². The normalized spacial score (nSPS) is 27.6. The third-order valence-electron chi connectivity index (χ3n) is 5.55. The first-order chi connectivity index (χ1) is 12.1. The average Bonchev–Trinajstić information content (AvgIpc) is 2.61. The minimum absolute atomic E-state index is 0.190. The van der Waals surface area contributed by atoms with Crippen molar-refractivity contribution in [1.29, 1.82) is 5.26 Å². The summed E-state index contributed by atoms with van der Waals surface area (Å²) in [5, 5.41) is 13.8. The standard InChI is InChI=1S/C19H26Cl2N3O/c20-18-2-1-17(13-19(18)21)25-16-5-10-24(11-6-16,12-7-22)14-15-3-8-23-9-4-15/h1-2,13,15-16,23H,3-6,8-12,14H2/q+1. The summed E-state index contributed by atoms with van der Waals surface area (Å²) in [7, 11) is 0. The van der Waals surface area contributed by atoms with Crippen LogP contribution < -0.4 is 10.1 Å². The van der Waals surface area contributed by atoms with E-state index in [0.29, 0.717) is 16.6 Å². The van der Waals surface area contributed by atoms with Gasteiger partial charge in [-0.2, -0.15) is 5.26 Å². The van der Waals surface area contributed by atoms with E-state index in [2.05, 4.69) is 11.4 Å². The number of ether oxygens (including phenoxy) is 1. The first-order valence-corrected chi connectivity index (χ1v) is 9.90.